The third-order valence-electron chi connectivity index (χ3n) is 5.25. The minimum atomic E-state index is -0.193. The predicted octanol–water partition coefficient (Wildman–Crippen LogP) is 2.94. The summed E-state index contributed by atoms with van der Waals surface area (Å²) in [6, 6.07) is 9.23. The SMILES string of the molecule is CC(C)(C)Oc1cccc2cc(C34CCNC3CCNC4)[nH]c12. The highest BCUT2D eigenvalue weighted by atomic mass is 16.5. The van der Waals surface area contributed by atoms with Crippen molar-refractivity contribution in [3.8, 4) is 5.75 Å². The number of nitrogens with one attached hydrogen (secondary N) is 3. The maximum Gasteiger partial charge on any atom is 0.144 e. The van der Waals surface area contributed by atoms with Crippen molar-refractivity contribution in [2.75, 3.05) is 19.6 Å². The molecule has 2 atom stereocenters. The van der Waals surface area contributed by atoms with Gasteiger partial charge in [-0.25, -0.2) is 0 Å². The van der Waals surface area contributed by atoms with Crippen molar-refractivity contribution in [3.63, 3.8) is 0 Å². The maximum absolute atomic E-state index is 6.16. The predicted molar refractivity (Wildman–Crippen MR) is 94.3 cm³/mol. The molecule has 23 heavy (non-hydrogen) atoms. The van der Waals surface area contributed by atoms with Gasteiger partial charge in [-0.2, -0.15) is 0 Å². The number of hydrogen-bond donors (Lipinski definition) is 3. The lowest BCUT2D eigenvalue weighted by molar-refractivity contribution is 0.133. The Balaban J connectivity index is 1.78. The lowest BCUT2D eigenvalue weighted by Gasteiger charge is -2.39. The second-order valence-corrected chi connectivity index (χ2v) is 8.00. The van der Waals surface area contributed by atoms with E-state index < -0.39 is 0 Å². The number of benzene rings is 1. The summed E-state index contributed by atoms with van der Waals surface area (Å²) < 4.78 is 6.16. The van der Waals surface area contributed by atoms with Crippen LogP contribution >= 0.6 is 0 Å². The highest BCUT2D eigenvalue weighted by molar-refractivity contribution is 5.86. The van der Waals surface area contributed by atoms with Gasteiger partial charge in [0.1, 0.15) is 11.4 Å². The molecule has 2 aliphatic rings. The molecular formula is C19H27N3O. The first-order chi connectivity index (χ1) is 11.0. The smallest absolute Gasteiger partial charge is 0.144 e. The molecule has 3 heterocycles. The Kier molecular flexibility index (Phi) is 3.43. The van der Waals surface area contributed by atoms with Gasteiger partial charge in [0.15, 0.2) is 0 Å². The average molecular weight is 313 g/mol. The third kappa shape index (κ3) is 2.54. The highest BCUT2D eigenvalue weighted by Gasteiger charge is 2.46. The highest BCUT2D eigenvalue weighted by Crippen LogP contribution is 2.40. The zero-order chi connectivity index (χ0) is 16.1. The molecule has 4 nitrogen and oxygen atoms in total. The van der Waals surface area contributed by atoms with Crippen LogP contribution in [0.3, 0.4) is 0 Å². The van der Waals surface area contributed by atoms with Crippen LogP contribution in [0.1, 0.15) is 39.3 Å². The summed E-state index contributed by atoms with van der Waals surface area (Å²) in [4.78, 5) is 3.71. The van der Waals surface area contributed by atoms with E-state index in [9.17, 15) is 0 Å². The van der Waals surface area contributed by atoms with E-state index in [-0.39, 0.29) is 11.0 Å². The number of ether oxygens (including phenoxy) is 1. The molecule has 124 valence electrons. The van der Waals surface area contributed by atoms with Gasteiger partial charge in [-0.05, 0) is 58.8 Å². The van der Waals surface area contributed by atoms with E-state index in [4.69, 9.17) is 4.74 Å². The van der Waals surface area contributed by atoms with Gasteiger partial charge >= 0.3 is 0 Å². The molecule has 0 amide bonds. The fraction of sp³-hybridized carbons (Fsp3) is 0.579. The number of piperidine rings is 1. The monoisotopic (exact) mass is 313 g/mol. The molecule has 1 aromatic heterocycles. The largest absolute Gasteiger partial charge is 0.486 e. The molecular weight excluding hydrogens is 286 g/mol. The summed E-state index contributed by atoms with van der Waals surface area (Å²) in [5.41, 5.74) is 2.47. The van der Waals surface area contributed by atoms with Gasteiger partial charge in [0.05, 0.1) is 5.52 Å². The molecule has 3 N–H and O–H groups in total. The van der Waals surface area contributed by atoms with Crippen LogP contribution in [-0.2, 0) is 5.41 Å². The molecule has 2 fully saturated rings. The minimum absolute atomic E-state index is 0.191. The second-order valence-electron chi connectivity index (χ2n) is 8.00. The van der Waals surface area contributed by atoms with E-state index in [1.165, 1.54) is 23.9 Å². The molecule has 2 saturated heterocycles. The Morgan fingerprint density at radius 1 is 1.22 bits per heavy atom. The number of aromatic amines is 1. The zero-order valence-electron chi connectivity index (χ0n) is 14.3. The average Bonchev–Trinajstić information content (AvgIpc) is 3.10. The first kappa shape index (κ1) is 15.0. The molecule has 0 bridgehead atoms. The van der Waals surface area contributed by atoms with Crippen LogP contribution in [0, 0.1) is 0 Å². The first-order valence-electron chi connectivity index (χ1n) is 8.73. The number of rotatable bonds is 2. The minimum Gasteiger partial charge on any atom is -0.486 e. The molecule has 4 heteroatoms. The van der Waals surface area contributed by atoms with Crippen molar-refractivity contribution in [3.05, 3.63) is 30.0 Å². The summed E-state index contributed by atoms with van der Waals surface area (Å²) in [5, 5.41) is 8.55. The number of para-hydroxylation sites is 1. The van der Waals surface area contributed by atoms with Crippen LogP contribution in [0.5, 0.6) is 5.75 Å². The molecule has 2 unspecified atom stereocenters. The summed E-state index contributed by atoms with van der Waals surface area (Å²) in [5.74, 6) is 0.948. The summed E-state index contributed by atoms with van der Waals surface area (Å²) >= 11 is 0. The van der Waals surface area contributed by atoms with Crippen molar-refractivity contribution >= 4 is 10.9 Å². The summed E-state index contributed by atoms with van der Waals surface area (Å²) in [7, 11) is 0. The van der Waals surface area contributed by atoms with Crippen molar-refractivity contribution in [1.29, 1.82) is 0 Å². The Morgan fingerprint density at radius 3 is 2.91 bits per heavy atom. The van der Waals surface area contributed by atoms with Crippen LogP contribution in [0.4, 0.5) is 0 Å². The van der Waals surface area contributed by atoms with E-state index >= 15 is 0 Å². The van der Waals surface area contributed by atoms with E-state index in [1.807, 2.05) is 0 Å². The van der Waals surface area contributed by atoms with Crippen LogP contribution in [-0.4, -0.2) is 36.3 Å². The maximum atomic E-state index is 6.16. The third-order valence-corrected chi connectivity index (χ3v) is 5.25. The van der Waals surface area contributed by atoms with Crippen LogP contribution in [0.15, 0.2) is 24.3 Å². The van der Waals surface area contributed by atoms with Crippen molar-refractivity contribution < 1.29 is 4.74 Å². The summed E-state index contributed by atoms with van der Waals surface area (Å²) in [6.45, 7) is 9.54. The van der Waals surface area contributed by atoms with Gasteiger partial charge in [-0.1, -0.05) is 12.1 Å². The van der Waals surface area contributed by atoms with E-state index in [2.05, 4.69) is 60.7 Å². The van der Waals surface area contributed by atoms with Crippen LogP contribution in [0.2, 0.25) is 0 Å². The Hall–Kier alpha value is -1.52. The molecule has 4 rings (SSSR count). The Morgan fingerprint density at radius 2 is 2.09 bits per heavy atom. The van der Waals surface area contributed by atoms with Gasteiger partial charge in [0, 0.05) is 29.1 Å². The second kappa shape index (κ2) is 5.25. The fourth-order valence-corrected chi connectivity index (χ4v) is 4.22. The topological polar surface area (TPSA) is 49.1 Å². The van der Waals surface area contributed by atoms with Gasteiger partial charge in [-0.3, -0.25) is 0 Å². The fourth-order valence-electron chi connectivity index (χ4n) is 4.22. The number of H-pyrrole nitrogens is 1. The van der Waals surface area contributed by atoms with Crippen molar-refractivity contribution in [1.82, 2.24) is 15.6 Å². The molecule has 1 aromatic carbocycles. The first-order valence-corrected chi connectivity index (χ1v) is 8.73. The lowest BCUT2D eigenvalue weighted by atomic mass is 9.74. The number of hydrogen-bond acceptors (Lipinski definition) is 3. The Bertz CT molecular complexity index is 715. The molecule has 2 aromatic rings. The van der Waals surface area contributed by atoms with Crippen LogP contribution in [0.25, 0.3) is 10.9 Å². The molecule has 2 aliphatic heterocycles. The van der Waals surface area contributed by atoms with Gasteiger partial charge in [0.25, 0.3) is 0 Å². The molecule has 0 saturated carbocycles. The summed E-state index contributed by atoms with van der Waals surface area (Å²) in [6.07, 6.45) is 2.38. The van der Waals surface area contributed by atoms with Crippen molar-refractivity contribution in [2.24, 2.45) is 0 Å². The number of aromatic nitrogens is 1. The van der Waals surface area contributed by atoms with E-state index in [0.717, 1.165) is 30.9 Å². The number of fused-ring (bicyclic) bond motifs is 2. The molecule has 0 aliphatic carbocycles. The Labute approximate surface area is 138 Å². The van der Waals surface area contributed by atoms with Crippen molar-refractivity contribution in [2.45, 2.75) is 50.7 Å². The molecule has 0 radical (unpaired) electrons. The lowest BCUT2D eigenvalue weighted by Crippen LogP contribution is -2.53. The standard InChI is InChI=1S/C19H27N3O/c1-18(2,3)23-14-6-4-5-13-11-16(22-17(13)14)19-8-10-21-15(19)7-9-20-12-19/h4-6,11,15,20-22H,7-10,12H2,1-3H3. The van der Waals surface area contributed by atoms with Gasteiger partial charge in [-0.15, -0.1) is 0 Å². The zero-order valence-corrected chi connectivity index (χ0v) is 14.3. The molecule has 0 spiro atoms. The normalized spacial score (nSPS) is 28.0. The van der Waals surface area contributed by atoms with E-state index in [0.29, 0.717) is 6.04 Å². The van der Waals surface area contributed by atoms with Gasteiger partial charge < -0.3 is 20.4 Å². The quantitative estimate of drug-likeness (QED) is 0.799. The van der Waals surface area contributed by atoms with E-state index in [1.54, 1.807) is 0 Å². The van der Waals surface area contributed by atoms with Gasteiger partial charge in [0.2, 0.25) is 0 Å². The van der Waals surface area contributed by atoms with Crippen LogP contribution < -0.4 is 15.4 Å².